The SMILES string of the molecule is N[C@@H](CCCO)c1cccc2c1OCO2. The van der Waals surface area contributed by atoms with Gasteiger partial charge in [-0.3, -0.25) is 0 Å². The maximum Gasteiger partial charge on any atom is 0.231 e. The highest BCUT2D eigenvalue weighted by molar-refractivity contribution is 5.49. The van der Waals surface area contributed by atoms with E-state index in [0.717, 1.165) is 23.5 Å². The molecule has 4 nitrogen and oxygen atoms in total. The molecule has 0 aliphatic carbocycles. The molecule has 1 aromatic carbocycles. The topological polar surface area (TPSA) is 64.7 Å². The van der Waals surface area contributed by atoms with Gasteiger partial charge in [0.25, 0.3) is 0 Å². The molecule has 3 N–H and O–H groups in total. The highest BCUT2D eigenvalue weighted by Crippen LogP contribution is 2.38. The van der Waals surface area contributed by atoms with Crippen molar-refractivity contribution in [2.75, 3.05) is 13.4 Å². The third-order valence-electron chi connectivity index (χ3n) is 2.50. The van der Waals surface area contributed by atoms with Crippen LogP contribution in [0.5, 0.6) is 11.5 Å². The second-order valence-corrected chi connectivity index (χ2v) is 3.55. The first kappa shape index (κ1) is 10.3. The Labute approximate surface area is 88.6 Å². The number of nitrogens with two attached hydrogens (primary N) is 1. The van der Waals surface area contributed by atoms with Crippen LogP contribution in [0, 0.1) is 0 Å². The van der Waals surface area contributed by atoms with E-state index in [1.165, 1.54) is 0 Å². The fraction of sp³-hybridized carbons (Fsp3) is 0.455. The summed E-state index contributed by atoms with van der Waals surface area (Å²) in [6, 6.07) is 5.61. The van der Waals surface area contributed by atoms with Gasteiger partial charge < -0.3 is 20.3 Å². The molecule has 4 heteroatoms. The zero-order valence-electron chi connectivity index (χ0n) is 8.48. The molecule has 1 aliphatic heterocycles. The van der Waals surface area contributed by atoms with E-state index in [1.807, 2.05) is 18.2 Å². The van der Waals surface area contributed by atoms with Crippen molar-refractivity contribution in [1.82, 2.24) is 0 Å². The van der Waals surface area contributed by atoms with E-state index in [4.69, 9.17) is 20.3 Å². The summed E-state index contributed by atoms with van der Waals surface area (Å²) in [4.78, 5) is 0. The van der Waals surface area contributed by atoms with E-state index in [1.54, 1.807) is 0 Å². The van der Waals surface area contributed by atoms with Crippen LogP contribution in [0.1, 0.15) is 24.4 Å². The van der Waals surface area contributed by atoms with Crippen LogP contribution in [0.2, 0.25) is 0 Å². The molecular formula is C11H15NO3. The summed E-state index contributed by atoms with van der Waals surface area (Å²) in [6.07, 6.45) is 1.45. The second kappa shape index (κ2) is 4.51. The standard InChI is InChI=1S/C11H15NO3/c12-9(4-2-6-13)8-3-1-5-10-11(8)15-7-14-10/h1,3,5,9,13H,2,4,6-7,12H2/t9-/m0/s1. The first-order valence-corrected chi connectivity index (χ1v) is 5.08. The van der Waals surface area contributed by atoms with Crippen molar-refractivity contribution in [3.05, 3.63) is 23.8 Å². The van der Waals surface area contributed by atoms with Crippen LogP contribution in [0.15, 0.2) is 18.2 Å². The maximum atomic E-state index is 8.74. The Morgan fingerprint density at radius 1 is 1.40 bits per heavy atom. The number of aliphatic hydroxyl groups excluding tert-OH is 1. The van der Waals surface area contributed by atoms with Gasteiger partial charge in [-0.25, -0.2) is 0 Å². The fourth-order valence-corrected chi connectivity index (χ4v) is 1.71. The Morgan fingerprint density at radius 3 is 3.07 bits per heavy atom. The van der Waals surface area contributed by atoms with Crippen LogP contribution in [-0.4, -0.2) is 18.5 Å². The molecule has 0 radical (unpaired) electrons. The molecule has 15 heavy (non-hydrogen) atoms. The van der Waals surface area contributed by atoms with Gasteiger partial charge in [-0.05, 0) is 18.9 Å². The highest BCUT2D eigenvalue weighted by atomic mass is 16.7. The number of para-hydroxylation sites is 1. The molecule has 0 bridgehead atoms. The Balaban J connectivity index is 2.17. The van der Waals surface area contributed by atoms with Gasteiger partial charge in [-0.15, -0.1) is 0 Å². The number of aliphatic hydroxyl groups is 1. The molecule has 0 aromatic heterocycles. The first-order valence-electron chi connectivity index (χ1n) is 5.08. The minimum Gasteiger partial charge on any atom is -0.454 e. The summed E-state index contributed by atoms with van der Waals surface area (Å²) in [7, 11) is 0. The number of hydrogen-bond acceptors (Lipinski definition) is 4. The van der Waals surface area contributed by atoms with Gasteiger partial charge in [0, 0.05) is 18.2 Å². The number of fused-ring (bicyclic) bond motifs is 1. The van der Waals surface area contributed by atoms with Gasteiger partial charge >= 0.3 is 0 Å². The predicted molar refractivity (Wildman–Crippen MR) is 55.8 cm³/mol. The van der Waals surface area contributed by atoms with Gasteiger partial charge in [0.1, 0.15) is 0 Å². The monoisotopic (exact) mass is 209 g/mol. The van der Waals surface area contributed by atoms with Gasteiger partial charge in [-0.1, -0.05) is 12.1 Å². The lowest BCUT2D eigenvalue weighted by Gasteiger charge is -2.13. The van der Waals surface area contributed by atoms with Crippen LogP contribution in [0.3, 0.4) is 0 Å². The van der Waals surface area contributed by atoms with Crippen LogP contribution in [-0.2, 0) is 0 Å². The van der Waals surface area contributed by atoms with E-state index in [0.29, 0.717) is 6.42 Å². The zero-order valence-corrected chi connectivity index (χ0v) is 8.48. The molecule has 1 atom stereocenters. The highest BCUT2D eigenvalue weighted by Gasteiger charge is 2.20. The van der Waals surface area contributed by atoms with Crippen molar-refractivity contribution < 1.29 is 14.6 Å². The largest absolute Gasteiger partial charge is 0.454 e. The molecule has 0 fully saturated rings. The average Bonchev–Trinajstić information content (AvgIpc) is 2.73. The molecule has 0 unspecified atom stereocenters. The number of rotatable bonds is 4. The molecule has 0 saturated heterocycles. The van der Waals surface area contributed by atoms with Gasteiger partial charge in [0.05, 0.1) is 0 Å². The fourth-order valence-electron chi connectivity index (χ4n) is 1.71. The van der Waals surface area contributed by atoms with Crippen molar-refractivity contribution >= 4 is 0 Å². The minimum atomic E-state index is -0.103. The van der Waals surface area contributed by atoms with Crippen LogP contribution in [0.4, 0.5) is 0 Å². The van der Waals surface area contributed by atoms with E-state index < -0.39 is 0 Å². The molecule has 0 amide bonds. The lowest BCUT2D eigenvalue weighted by atomic mass is 10.0. The summed E-state index contributed by atoms with van der Waals surface area (Å²) in [5, 5.41) is 8.74. The van der Waals surface area contributed by atoms with Crippen molar-refractivity contribution in [2.24, 2.45) is 5.73 Å². The number of ether oxygens (including phenoxy) is 2. The third-order valence-corrected chi connectivity index (χ3v) is 2.50. The normalized spacial score (nSPS) is 15.3. The second-order valence-electron chi connectivity index (χ2n) is 3.55. The lowest BCUT2D eigenvalue weighted by Crippen LogP contribution is -2.11. The third kappa shape index (κ3) is 2.06. The first-order chi connectivity index (χ1) is 7.33. The summed E-state index contributed by atoms with van der Waals surface area (Å²) in [6.45, 7) is 0.430. The molecule has 0 saturated carbocycles. The van der Waals surface area contributed by atoms with Crippen molar-refractivity contribution in [3.63, 3.8) is 0 Å². The molecule has 0 spiro atoms. The number of benzene rings is 1. The molecule has 1 aliphatic rings. The molecule has 1 heterocycles. The van der Waals surface area contributed by atoms with Crippen LogP contribution >= 0.6 is 0 Å². The molecule has 1 aromatic rings. The van der Waals surface area contributed by atoms with E-state index in [9.17, 15) is 0 Å². The Morgan fingerprint density at radius 2 is 2.27 bits per heavy atom. The van der Waals surface area contributed by atoms with Crippen molar-refractivity contribution in [1.29, 1.82) is 0 Å². The summed E-state index contributed by atoms with van der Waals surface area (Å²) < 4.78 is 10.6. The van der Waals surface area contributed by atoms with Crippen LogP contribution < -0.4 is 15.2 Å². The quantitative estimate of drug-likeness (QED) is 0.781. The molecule has 82 valence electrons. The van der Waals surface area contributed by atoms with E-state index in [-0.39, 0.29) is 19.4 Å². The van der Waals surface area contributed by atoms with Crippen molar-refractivity contribution in [2.45, 2.75) is 18.9 Å². The molecular weight excluding hydrogens is 194 g/mol. The lowest BCUT2D eigenvalue weighted by molar-refractivity contribution is 0.172. The van der Waals surface area contributed by atoms with Crippen molar-refractivity contribution in [3.8, 4) is 11.5 Å². The Bertz CT molecular complexity index is 341. The summed E-state index contributed by atoms with van der Waals surface area (Å²) in [5.41, 5.74) is 6.96. The van der Waals surface area contributed by atoms with E-state index >= 15 is 0 Å². The maximum absolute atomic E-state index is 8.74. The summed E-state index contributed by atoms with van der Waals surface area (Å²) >= 11 is 0. The van der Waals surface area contributed by atoms with Gasteiger partial charge in [0.15, 0.2) is 11.5 Å². The van der Waals surface area contributed by atoms with Crippen LogP contribution in [0.25, 0.3) is 0 Å². The minimum absolute atomic E-state index is 0.103. The smallest absolute Gasteiger partial charge is 0.231 e. The Kier molecular flexibility index (Phi) is 3.08. The zero-order chi connectivity index (χ0) is 10.7. The number of hydrogen-bond donors (Lipinski definition) is 2. The molecule has 2 rings (SSSR count). The van der Waals surface area contributed by atoms with Gasteiger partial charge in [0.2, 0.25) is 6.79 Å². The van der Waals surface area contributed by atoms with E-state index in [2.05, 4.69) is 0 Å². The summed E-state index contributed by atoms with van der Waals surface area (Å²) in [5.74, 6) is 1.51. The average molecular weight is 209 g/mol. The predicted octanol–water partition coefficient (Wildman–Crippen LogP) is 1.19. The Hall–Kier alpha value is -1.26. The van der Waals surface area contributed by atoms with Gasteiger partial charge in [-0.2, -0.15) is 0 Å².